The second kappa shape index (κ2) is 3.05. The van der Waals surface area contributed by atoms with Crippen LogP contribution in [0.4, 0.5) is 14.5 Å². The first-order valence-corrected chi connectivity index (χ1v) is 4.71. The summed E-state index contributed by atoms with van der Waals surface area (Å²) in [6.07, 6.45) is -0.568. The highest BCUT2D eigenvalue weighted by molar-refractivity contribution is 5.34. The molecule has 0 amide bonds. The second-order valence-electron chi connectivity index (χ2n) is 4.20. The lowest BCUT2D eigenvalue weighted by Crippen LogP contribution is -2.24. The molecule has 0 bridgehead atoms. The molecule has 1 fully saturated rings. The molecule has 1 heterocycles. The van der Waals surface area contributed by atoms with E-state index in [-0.39, 0.29) is 11.2 Å². The lowest BCUT2D eigenvalue weighted by atomic mass is 10.1. The fourth-order valence-electron chi connectivity index (χ4n) is 1.78. The van der Waals surface area contributed by atoms with Crippen molar-refractivity contribution in [1.82, 2.24) is 4.57 Å². The van der Waals surface area contributed by atoms with Crippen molar-refractivity contribution in [1.29, 1.82) is 0 Å². The molecule has 2 N–H and O–H groups in total. The number of hydrogen-bond acceptors (Lipinski definition) is 2. The highest BCUT2D eigenvalue weighted by atomic mass is 19.3. The minimum atomic E-state index is -2.41. The van der Waals surface area contributed by atoms with Crippen LogP contribution in [0.5, 0.6) is 0 Å². The van der Waals surface area contributed by atoms with Gasteiger partial charge in [-0.05, 0) is 18.6 Å². The van der Waals surface area contributed by atoms with Gasteiger partial charge in [-0.1, -0.05) is 6.92 Å². The Labute approximate surface area is 85.5 Å². The smallest absolute Gasteiger partial charge is 0.273 e. The fourth-order valence-corrected chi connectivity index (χ4v) is 1.78. The standard InChI is InChI=1S/C10H12F2N2O/c1-10(9(11)12)5-7(10)14-4-2-3-6(13)8(14)15/h2-4,7,9H,5,13H2,1H3/t7-,10-/m0/s1. The van der Waals surface area contributed by atoms with Gasteiger partial charge in [-0.3, -0.25) is 4.79 Å². The van der Waals surface area contributed by atoms with Crippen LogP contribution in [-0.2, 0) is 0 Å². The molecule has 5 heteroatoms. The Bertz CT molecular complexity index is 443. The maximum Gasteiger partial charge on any atom is 0.273 e. The number of anilines is 1. The molecule has 15 heavy (non-hydrogen) atoms. The first-order valence-electron chi connectivity index (χ1n) is 4.71. The van der Waals surface area contributed by atoms with Gasteiger partial charge in [-0.25, -0.2) is 8.78 Å². The van der Waals surface area contributed by atoms with Gasteiger partial charge in [0.15, 0.2) is 0 Å². The van der Waals surface area contributed by atoms with E-state index in [4.69, 9.17) is 5.73 Å². The van der Waals surface area contributed by atoms with Crippen molar-refractivity contribution in [3.63, 3.8) is 0 Å². The first-order chi connectivity index (χ1) is 6.97. The van der Waals surface area contributed by atoms with E-state index in [2.05, 4.69) is 0 Å². The fraction of sp³-hybridized carbons (Fsp3) is 0.500. The van der Waals surface area contributed by atoms with E-state index in [1.54, 1.807) is 6.07 Å². The average molecular weight is 214 g/mol. The van der Waals surface area contributed by atoms with Gasteiger partial charge in [0, 0.05) is 12.2 Å². The lowest BCUT2D eigenvalue weighted by molar-refractivity contribution is 0.0631. The summed E-state index contributed by atoms with van der Waals surface area (Å²) >= 11 is 0. The third-order valence-corrected chi connectivity index (χ3v) is 3.07. The zero-order chi connectivity index (χ0) is 11.2. The molecular formula is C10H12F2N2O. The lowest BCUT2D eigenvalue weighted by Gasteiger charge is -2.11. The van der Waals surface area contributed by atoms with Gasteiger partial charge < -0.3 is 10.3 Å². The second-order valence-corrected chi connectivity index (χ2v) is 4.20. The van der Waals surface area contributed by atoms with Gasteiger partial charge in [0.05, 0.1) is 11.1 Å². The molecule has 0 radical (unpaired) electrons. The van der Waals surface area contributed by atoms with Gasteiger partial charge in [0.1, 0.15) is 0 Å². The molecule has 0 aromatic carbocycles. The van der Waals surface area contributed by atoms with E-state index >= 15 is 0 Å². The predicted molar refractivity (Wildman–Crippen MR) is 52.9 cm³/mol. The topological polar surface area (TPSA) is 48.0 Å². The summed E-state index contributed by atoms with van der Waals surface area (Å²) in [5, 5.41) is 0. The summed E-state index contributed by atoms with van der Waals surface area (Å²) in [6, 6.07) is 2.65. The van der Waals surface area contributed by atoms with E-state index in [0.717, 1.165) is 0 Å². The molecular weight excluding hydrogens is 202 g/mol. The van der Waals surface area contributed by atoms with Gasteiger partial charge in [-0.2, -0.15) is 0 Å². The van der Waals surface area contributed by atoms with Crippen LogP contribution in [0, 0.1) is 5.41 Å². The minimum absolute atomic E-state index is 0.0982. The Morgan fingerprint density at radius 3 is 2.87 bits per heavy atom. The maximum atomic E-state index is 12.6. The summed E-state index contributed by atoms with van der Waals surface area (Å²) in [5.41, 5.74) is 4.07. The molecule has 82 valence electrons. The molecule has 2 atom stereocenters. The number of alkyl halides is 2. The number of rotatable bonds is 2. The van der Waals surface area contributed by atoms with Crippen molar-refractivity contribution < 1.29 is 8.78 Å². The molecule has 2 rings (SSSR count). The molecule has 1 aromatic rings. The Hall–Kier alpha value is -1.39. The van der Waals surface area contributed by atoms with Crippen molar-refractivity contribution >= 4 is 5.69 Å². The Morgan fingerprint density at radius 2 is 2.33 bits per heavy atom. The molecule has 1 aliphatic rings. The normalized spacial score (nSPS) is 29.5. The van der Waals surface area contributed by atoms with E-state index in [1.165, 1.54) is 23.8 Å². The maximum absolute atomic E-state index is 12.6. The van der Waals surface area contributed by atoms with Crippen LogP contribution in [-0.4, -0.2) is 11.0 Å². The number of nitrogens with two attached hydrogens (primary N) is 1. The van der Waals surface area contributed by atoms with Crippen LogP contribution in [0.3, 0.4) is 0 Å². The van der Waals surface area contributed by atoms with Gasteiger partial charge in [0.25, 0.3) is 5.56 Å². The molecule has 1 aromatic heterocycles. The van der Waals surface area contributed by atoms with E-state index in [9.17, 15) is 13.6 Å². The summed E-state index contributed by atoms with van der Waals surface area (Å²) in [5.74, 6) is 0. The Balaban J connectivity index is 2.35. The highest BCUT2D eigenvalue weighted by Gasteiger charge is 2.58. The highest BCUT2D eigenvalue weighted by Crippen LogP contribution is 2.59. The quantitative estimate of drug-likeness (QED) is 0.813. The molecule has 3 nitrogen and oxygen atoms in total. The number of pyridine rings is 1. The minimum Gasteiger partial charge on any atom is -0.394 e. The van der Waals surface area contributed by atoms with E-state index < -0.39 is 17.9 Å². The summed E-state index contributed by atoms with van der Waals surface area (Å²) in [7, 11) is 0. The number of aromatic nitrogens is 1. The van der Waals surface area contributed by atoms with Crippen molar-refractivity contribution in [2.75, 3.05) is 5.73 Å². The summed E-state index contributed by atoms with van der Waals surface area (Å²) < 4.78 is 26.6. The van der Waals surface area contributed by atoms with Crippen LogP contribution in [0.1, 0.15) is 19.4 Å². The van der Waals surface area contributed by atoms with Crippen LogP contribution in [0.2, 0.25) is 0 Å². The number of nitrogens with zero attached hydrogens (tertiary/aromatic N) is 1. The zero-order valence-corrected chi connectivity index (χ0v) is 8.28. The number of halogens is 2. The molecule has 0 aliphatic heterocycles. The molecule has 1 aliphatic carbocycles. The largest absolute Gasteiger partial charge is 0.394 e. The van der Waals surface area contributed by atoms with Gasteiger partial charge >= 0.3 is 0 Å². The Morgan fingerprint density at radius 1 is 1.67 bits per heavy atom. The number of nitrogen functional groups attached to an aromatic ring is 1. The first kappa shape index (κ1) is 10.1. The van der Waals surface area contributed by atoms with Crippen molar-refractivity contribution in [2.24, 2.45) is 5.41 Å². The average Bonchev–Trinajstić information content (AvgIpc) is 2.84. The SMILES string of the molecule is C[C@]1(C(F)F)C[C@@H]1n1cccc(N)c1=O. The molecule has 0 saturated heterocycles. The summed E-state index contributed by atoms with van der Waals surface area (Å²) in [4.78, 5) is 11.6. The van der Waals surface area contributed by atoms with E-state index in [1.807, 2.05) is 0 Å². The molecule has 0 spiro atoms. The van der Waals surface area contributed by atoms with Crippen LogP contribution >= 0.6 is 0 Å². The summed E-state index contributed by atoms with van der Waals surface area (Å²) in [6.45, 7) is 1.48. The van der Waals surface area contributed by atoms with Gasteiger partial charge in [-0.15, -0.1) is 0 Å². The number of hydrogen-bond donors (Lipinski definition) is 1. The monoisotopic (exact) mass is 214 g/mol. The third-order valence-electron chi connectivity index (χ3n) is 3.07. The zero-order valence-electron chi connectivity index (χ0n) is 8.28. The van der Waals surface area contributed by atoms with Gasteiger partial charge in [0.2, 0.25) is 6.43 Å². The van der Waals surface area contributed by atoms with Crippen LogP contribution in [0.15, 0.2) is 23.1 Å². The van der Waals surface area contributed by atoms with Crippen molar-refractivity contribution in [3.05, 3.63) is 28.7 Å². The third kappa shape index (κ3) is 1.42. The van der Waals surface area contributed by atoms with E-state index in [0.29, 0.717) is 6.42 Å². The van der Waals surface area contributed by atoms with Crippen LogP contribution in [0.25, 0.3) is 0 Å². The van der Waals surface area contributed by atoms with Crippen LogP contribution < -0.4 is 11.3 Å². The van der Waals surface area contributed by atoms with Crippen molar-refractivity contribution in [2.45, 2.75) is 25.8 Å². The van der Waals surface area contributed by atoms with Crippen molar-refractivity contribution in [3.8, 4) is 0 Å². The predicted octanol–water partition coefficient (Wildman–Crippen LogP) is 1.65. The Kier molecular flexibility index (Phi) is 2.06. The molecule has 0 unspecified atom stereocenters. The molecule has 1 saturated carbocycles.